The van der Waals surface area contributed by atoms with E-state index in [2.05, 4.69) is 4.90 Å². The van der Waals surface area contributed by atoms with Crippen molar-refractivity contribution < 1.29 is 24.2 Å². The maximum atomic E-state index is 13.0. The van der Waals surface area contributed by atoms with E-state index in [1.54, 1.807) is 45.1 Å². The summed E-state index contributed by atoms with van der Waals surface area (Å²) in [6, 6.07) is 4.71. The highest BCUT2D eigenvalue weighted by Crippen LogP contribution is 2.41. The van der Waals surface area contributed by atoms with Crippen LogP contribution in [0.3, 0.4) is 0 Å². The Morgan fingerprint density at radius 2 is 1.77 bits per heavy atom. The SMILES string of the molecule is COc1ccc(C2C(C(=O)C(C)C)=C(O)C(=O)N2CCN2CCCCC2)cc1OC. The number of benzene rings is 1. The quantitative estimate of drug-likeness (QED) is 0.702. The molecule has 1 atom stereocenters. The number of rotatable bonds is 8. The molecule has 1 N–H and O–H groups in total. The van der Waals surface area contributed by atoms with E-state index in [9.17, 15) is 14.7 Å². The molecule has 0 radical (unpaired) electrons. The van der Waals surface area contributed by atoms with Gasteiger partial charge in [-0.25, -0.2) is 0 Å². The molecule has 1 saturated heterocycles. The van der Waals surface area contributed by atoms with Crippen molar-refractivity contribution in [2.45, 2.75) is 39.2 Å². The molecule has 0 bridgehead atoms. The molecule has 1 unspecified atom stereocenters. The second-order valence-corrected chi connectivity index (χ2v) is 8.20. The van der Waals surface area contributed by atoms with Crippen LogP contribution in [0.2, 0.25) is 0 Å². The van der Waals surface area contributed by atoms with Crippen molar-refractivity contribution in [2.75, 3.05) is 40.4 Å². The van der Waals surface area contributed by atoms with Gasteiger partial charge in [0.1, 0.15) is 0 Å². The highest BCUT2D eigenvalue weighted by atomic mass is 16.5. The number of Topliss-reactive ketones (excluding diaryl/α,β-unsaturated/α-hetero) is 1. The third kappa shape index (κ3) is 4.31. The molecule has 30 heavy (non-hydrogen) atoms. The van der Waals surface area contributed by atoms with Crippen LogP contribution in [0.15, 0.2) is 29.5 Å². The van der Waals surface area contributed by atoms with Crippen LogP contribution in [0, 0.1) is 5.92 Å². The van der Waals surface area contributed by atoms with Gasteiger partial charge in [-0.1, -0.05) is 26.3 Å². The first-order valence-electron chi connectivity index (χ1n) is 10.6. The second kappa shape index (κ2) is 9.51. The summed E-state index contributed by atoms with van der Waals surface area (Å²) in [6.07, 6.45) is 3.56. The van der Waals surface area contributed by atoms with E-state index in [-0.39, 0.29) is 17.3 Å². The molecule has 0 saturated carbocycles. The number of hydrogen-bond donors (Lipinski definition) is 1. The Bertz CT molecular complexity index is 827. The average Bonchev–Trinajstić information content (AvgIpc) is 3.01. The van der Waals surface area contributed by atoms with Gasteiger partial charge in [-0.05, 0) is 43.6 Å². The van der Waals surface area contributed by atoms with Crippen molar-refractivity contribution in [1.29, 1.82) is 0 Å². The van der Waals surface area contributed by atoms with Gasteiger partial charge in [-0.3, -0.25) is 9.59 Å². The van der Waals surface area contributed by atoms with E-state index in [4.69, 9.17) is 9.47 Å². The summed E-state index contributed by atoms with van der Waals surface area (Å²) in [6.45, 7) is 6.73. The van der Waals surface area contributed by atoms with E-state index in [0.717, 1.165) is 25.9 Å². The van der Waals surface area contributed by atoms with Gasteiger partial charge in [0.25, 0.3) is 5.91 Å². The van der Waals surface area contributed by atoms with Crippen LogP contribution in [-0.2, 0) is 9.59 Å². The Balaban J connectivity index is 1.96. The molecule has 164 valence electrons. The van der Waals surface area contributed by atoms with E-state index < -0.39 is 17.7 Å². The first-order chi connectivity index (χ1) is 14.4. The van der Waals surface area contributed by atoms with Gasteiger partial charge in [0.15, 0.2) is 23.0 Å². The van der Waals surface area contributed by atoms with Crippen molar-refractivity contribution in [3.05, 3.63) is 35.1 Å². The van der Waals surface area contributed by atoms with Crippen LogP contribution < -0.4 is 9.47 Å². The van der Waals surface area contributed by atoms with E-state index >= 15 is 0 Å². The number of hydrogen-bond acceptors (Lipinski definition) is 6. The second-order valence-electron chi connectivity index (χ2n) is 8.20. The van der Waals surface area contributed by atoms with Crippen LogP contribution in [0.5, 0.6) is 11.5 Å². The minimum absolute atomic E-state index is 0.167. The fourth-order valence-corrected chi connectivity index (χ4v) is 4.25. The summed E-state index contributed by atoms with van der Waals surface area (Å²) in [5.41, 5.74) is 0.883. The molecule has 7 heteroatoms. The number of aliphatic hydroxyl groups excluding tert-OH is 1. The highest BCUT2D eigenvalue weighted by molar-refractivity contribution is 6.09. The lowest BCUT2D eigenvalue weighted by Crippen LogP contribution is -2.40. The first-order valence-corrected chi connectivity index (χ1v) is 10.6. The van der Waals surface area contributed by atoms with Crippen molar-refractivity contribution >= 4 is 11.7 Å². The van der Waals surface area contributed by atoms with Crippen molar-refractivity contribution in [1.82, 2.24) is 9.80 Å². The number of piperidine rings is 1. The number of aliphatic hydroxyl groups is 1. The molecule has 2 heterocycles. The minimum atomic E-state index is -0.642. The lowest BCUT2D eigenvalue weighted by atomic mass is 9.91. The molecule has 1 amide bonds. The maximum Gasteiger partial charge on any atom is 0.290 e. The van der Waals surface area contributed by atoms with Gasteiger partial charge < -0.3 is 24.4 Å². The zero-order chi connectivity index (χ0) is 21.8. The van der Waals surface area contributed by atoms with Crippen LogP contribution in [-0.4, -0.2) is 67.0 Å². The van der Waals surface area contributed by atoms with E-state index in [0.29, 0.717) is 30.2 Å². The number of likely N-dealkylation sites (tertiary alicyclic amines) is 1. The molecule has 0 aromatic heterocycles. The smallest absolute Gasteiger partial charge is 0.290 e. The number of methoxy groups -OCH3 is 2. The molecular weight excluding hydrogens is 384 g/mol. The first kappa shape index (κ1) is 22.2. The van der Waals surface area contributed by atoms with Crippen LogP contribution >= 0.6 is 0 Å². The molecule has 1 fully saturated rings. The number of carbonyl (C=O) groups excluding carboxylic acids is 2. The summed E-state index contributed by atoms with van der Waals surface area (Å²) in [4.78, 5) is 29.9. The zero-order valence-corrected chi connectivity index (χ0v) is 18.3. The number of ketones is 1. The Morgan fingerprint density at radius 1 is 1.10 bits per heavy atom. The largest absolute Gasteiger partial charge is 0.503 e. The van der Waals surface area contributed by atoms with Crippen LogP contribution in [0.1, 0.15) is 44.7 Å². The van der Waals surface area contributed by atoms with Gasteiger partial charge in [-0.2, -0.15) is 0 Å². The third-order valence-corrected chi connectivity index (χ3v) is 5.92. The van der Waals surface area contributed by atoms with Crippen molar-refractivity contribution in [3.8, 4) is 11.5 Å². The normalized spacial score (nSPS) is 20.2. The summed E-state index contributed by atoms with van der Waals surface area (Å²) in [7, 11) is 3.10. The molecule has 0 aliphatic carbocycles. The molecular formula is C23H32N2O5. The lowest BCUT2D eigenvalue weighted by Gasteiger charge is -2.32. The monoisotopic (exact) mass is 416 g/mol. The summed E-state index contributed by atoms with van der Waals surface area (Å²) >= 11 is 0. The topological polar surface area (TPSA) is 79.3 Å². The summed E-state index contributed by atoms with van der Waals surface area (Å²) in [5.74, 6) is -0.403. The molecule has 1 aromatic carbocycles. The standard InChI is InChI=1S/C23H32N2O5/c1-15(2)21(26)19-20(16-8-9-17(29-3)18(14-16)30-4)25(23(28)22(19)27)13-12-24-10-6-5-7-11-24/h8-9,14-15,20,27H,5-7,10-13H2,1-4H3. The van der Waals surface area contributed by atoms with Crippen LogP contribution in [0.4, 0.5) is 0 Å². The molecule has 2 aliphatic rings. The Labute approximate surface area is 178 Å². The van der Waals surface area contributed by atoms with Gasteiger partial charge in [-0.15, -0.1) is 0 Å². The Kier molecular flexibility index (Phi) is 7.02. The summed E-state index contributed by atoms with van der Waals surface area (Å²) in [5, 5.41) is 10.6. The molecule has 1 aromatic rings. The molecule has 7 nitrogen and oxygen atoms in total. The van der Waals surface area contributed by atoms with Gasteiger partial charge >= 0.3 is 0 Å². The van der Waals surface area contributed by atoms with Gasteiger partial charge in [0.05, 0.1) is 25.8 Å². The maximum absolute atomic E-state index is 13.0. The predicted molar refractivity (Wildman–Crippen MR) is 114 cm³/mol. The number of amides is 1. The fourth-order valence-electron chi connectivity index (χ4n) is 4.25. The highest BCUT2D eigenvalue weighted by Gasteiger charge is 2.44. The average molecular weight is 417 g/mol. The predicted octanol–water partition coefficient (Wildman–Crippen LogP) is 3.11. The Hall–Kier alpha value is -2.54. The van der Waals surface area contributed by atoms with E-state index in [1.165, 1.54) is 6.42 Å². The Morgan fingerprint density at radius 3 is 2.37 bits per heavy atom. The van der Waals surface area contributed by atoms with Crippen molar-refractivity contribution in [2.24, 2.45) is 5.92 Å². The minimum Gasteiger partial charge on any atom is -0.503 e. The van der Waals surface area contributed by atoms with Gasteiger partial charge in [0.2, 0.25) is 0 Å². The number of ether oxygens (including phenoxy) is 2. The zero-order valence-electron chi connectivity index (χ0n) is 18.3. The lowest BCUT2D eigenvalue weighted by molar-refractivity contribution is -0.129. The number of nitrogens with zero attached hydrogens (tertiary/aromatic N) is 2. The van der Waals surface area contributed by atoms with E-state index in [1.807, 2.05) is 6.07 Å². The van der Waals surface area contributed by atoms with Crippen LogP contribution in [0.25, 0.3) is 0 Å². The number of carbonyl (C=O) groups is 2. The fraction of sp³-hybridized carbons (Fsp3) is 0.565. The van der Waals surface area contributed by atoms with Gasteiger partial charge in [0, 0.05) is 19.0 Å². The third-order valence-electron chi connectivity index (χ3n) is 5.92. The molecule has 0 spiro atoms. The summed E-state index contributed by atoms with van der Waals surface area (Å²) < 4.78 is 10.7. The molecule has 2 aliphatic heterocycles. The molecule has 3 rings (SSSR count). The van der Waals surface area contributed by atoms with Crippen molar-refractivity contribution in [3.63, 3.8) is 0 Å².